The van der Waals surface area contributed by atoms with Crippen LogP contribution in [0, 0.1) is 0 Å². The van der Waals surface area contributed by atoms with Gasteiger partial charge in [0.05, 0.1) is 11.1 Å². The number of fused-ring (bicyclic) bond motifs is 1. The van der Waals surface area contributed by atoms with Crippen molar-refractivity contribution in [1.29, 1.82) is 0 Å². The van der Waals surface area contributed by atoms with Gasteiger partial charge in [0, 0.05) is 45.0 Å². The number of anilines is 1. The summed E-state index contributed by atoms with van der Waals surface area (Å²) in [5, 5.41) is 2.19. The van der Waals surface area contributed by atoms with Crippen LogP contribution in [0.1, 0.15) is 53.3 Å². The lowest BCUT2D eigenvalue weighted by molar-refractivity contribution is -0.147. The maximum absolute atomic E-state index is 12.9. The van der Waals surface area contributed by atoms with Gasteiger partial charge in [0.25, 0.3) is 11.8 Å². The second kappa shape index (κ2) is 7.31. The molecule has 4 amide bonds. The Hall–Kier alpha value is -3.23. The lowest BCUT2D eigenvalue weighted by Gasteiger charge is -2.33. The Balaban J connectivity index is 1.51. The van der Waals surface area contributed by atoms with E-state index in [0.29, 0.717) is 25.9 Å². The van der Waals surface area contributed by atoms with Crippen LogP contribution in [-0.4, -0.2) is 59.7 Å². The number of rotatable bonds is 3. The van der Waals surface area contributed by atoms with Crippen LogP contribution in [0.4, 0.5) is 5.69 Å². The van der Waals surface area contributed by atoms with E-state index in [1.165, 1.54) is 6.92 Å². The number of hydrogen-bond acceptors (Lipinski definition) is 7. The van der Waals surface area contributed by atoms with Crippen LogP contribution < -0.4 is 10.2 Å². The van der Waals surface area contributed by atoms with Gasteiger partial charge in [-0.3, -0.25) is 34.2 Å². The number of nitrogens with one attached hydrogen (secondary N) is 1. The van der Waals surface area contributed by atoms with Crippen LogP contribution in [0.15, 0.2) is 18.2 Å². The molecule has 0 bridgehead atoms. The molecule has 1 aromatic carbocycles. The molecule has 1 atom stereocenters. The predicted molar refractivity (Wildman–Crippen MR) is 100 cm³/mol. The summed E-state index contributed by atoms with van der Waals surface area (Å²) in [6, 6.07) is 4.09. The smallest absolute Gasteiger partial charge is 0.302 e. The highest BCUT2D eigenvalue weighted by atomic mass is 16.5. The van der Waals surface area contributed by atoms with Crippen molar-refractivity contribution in [1.82, 2.24) is 10.2 Å². The van der Waals surface area contributed by atoms with Crippen LogP contribution in [0.3, 0.4) is 0 Å². The fourth-order valence-corrected chi connectivity index (χ4v) is 4.12. The van der Waals surface area contributed by atoms with E-state index in [1.54, 1.807) is 18.2 Å². The third-order valence-corrected chi connectivity index (χ3v) is 5.56. The predicted octanol–water partition coefficient (Wildman–Crippen LogP) is 0.620. The minimum absolute atomic E-state index is 0.0896. The standard InChI is InChI=1S/C20H21N3O6/c1-11(24)29-13-6-8-22(9-7-13)12-2-3-14-15(10-12)20(28)23(19(14)27)16-4-5-17(25)21-18(16)26/h2-3,10,13,16H,4-9H2,1H3,(H,21,25,26). The third kappa shape index (κ3) is 3.48. The summed E-state index contributed by atoms with van der Waals surface area (Å²) in [7, 11) is 0. The number of imide groups is 2. The fourth-order valence-electron chi connectivity index (χ4n) is 4.12. The first-order valence-corrected chi connectivity index (χ1v) is 9.63. The zero-order chi connectivity index (χ0) is 20.7. The van der Waals surface area contributed by atoms with Gasteiger partial charge >= 0.3 is 5.97 Å². The quantitative estimate of drug-likeness (QED) is 0.585. The number of ether oxygens (including phenoxy) is 1. The highest BCUT2D eigenvalue weighted by molar-refractivity contribution is 6.23. The van der Waals surface area contributed by atoms with Crippen molar-refractivity contribution in [3.05, 3.63) is 29.3 Å². The highest BCUT2D eigenvalue weighted by Crippen LogP contribution is 2.31. The average molecular weight is 399 g/mol. The van der Waals surface area contributed by atoms with Gasteiger partial charge in [-0.25, -0.2) is 0 Å². The summed E-state index contributed by atoms with van der Waals surface area (Å²) in [6.45, 7) is 2.72. The molecule has 29 heavy (non-hydrogen) atoms. The molecule has 9 nitrogen and oxygen atoms in total. The first kappa shape index (κ1) is 19.1. The number of nitrogens with zero attached hydrogens (tertiary/aromatic N) is 2. The van der Waals surface area contributed by atoms with Crippen molar-refractivity contribution in [2.45, 2.75) is 44.8 Å². The number of amides is 4. The molecule has 9 heteroatoms. The molecule has 4 rings (SSSR count). The zero-order valence-electron chi connectivity index (χ0n) is 16.0. The van der Waals surface area contributed by atoms with Crippen LogP contribution in [0.5, 0.6) is 0 Å². The summed E-state index contributed by atoms with van der Waals surface area (Å²) >= 11 is 0. The number of benzene rings is 1. The molecule has 3 aliphatic heterocycles. The molecule has 0 spiro atoms. The maximum Gasteiger partial charge on any atom is 0.302 e. The van der Waals surface area contributed by atoms with Gasteiger partial charge in [-0.15, -0.1) is 0 Å². The molecular weight excluding hydrogens is 378 g/mol. The van der Waals surface area contributed by atoms with Crippen molar-refractivity contribution < 1.29 is 28.7 Å². The molecular formula is C20H21N3O6. The lowest BCUT2D eigenvalue weighted by atomic mass is 10.0. The Morgan fingerprint density at radius 2 is 1.72 bits per heavy atom. The van der Waals surface area contributed by atoms with Crippen LogP contribution >= 0.6 is 0 Å². The van der Waals surface area contributed by atoms with Gasteiger partial charge in [-0.2, -0.15) is 0 Å². The van der Waals surface area contributed by atoms with E-state index in [0.717, 1.165) is 10.6 Å². The molecule has 3 aliphatic rings. The van der Waals surface area contributed by atoms with E-state index in [2.05, 4.69) is 10.2 Å². The number of piperidine rings is 2. The molecule has 152 valence electrons. The maximum atomic E-state index is 12.9. The Bertz CT molecular complexity index is 919. The van der Waals surface area contributed by atoms with E-state index < -0.39 is 29.7 Å². The van der Waals surface area contributed by atoms with Gasteiger partial charge in [0.15, 0.2) is 0 Å². The monoisotopic (exact) mass is 399 g/mol. The molecule has 3 heterocycles. The van der Waals surface area contributed by atoms with Crippen molar-refractivity contribution in [2.24, 2.45) is 0 Å². The molecule has 1 N–H and O–H groups in total. The third-order valence-electron chi connectivity index (χ3n) is 5.56. The van der Waals surface area contributed by atoms with Crippen molar-refractivity contribution in [3.8, 4) is 0 Å². The lowest BCUT2D eigenvalue weighted by Crippen LogP contribution is -2.54. The average Bonchev–Trinajstić information content (AvgIpc) is 2.92. The summed E-state index contributed by atoms with van der Waals surface area (Å²) < 4.78 is 5.25. The highest BCUT2D eigenvalue weighted by Gasteiger charge is 2.44. The minimum atomic E-state index is -0.969. The normalized spacial score (nSPS) is 22.6. The Morgan fingerprint density at radius 1 is 1.03 bits per heavy atom. The van der Waals surface area contributed by atoms with E-state index in [1.807, 2.05) is 0 Å². The first-order chi connectivity index (χ1) is 13.8. The number of esters is 1. The number of carbonyl (C=O) groups excluding carboxylic acids is 5. The second-order valence-corrected chi connectivity index (χ2v) is 7.47. The van der Waals surface area contributed by atoms with Crippen molar-refractivity contribution in [3.63, 3.8) is 0 Å². The number of carbonyl (C=O) groups is 5. The van der Waals surface area contributed by atoms with Crippen LogP contribution in [0.2, 0.25) is 0 Å². The Kier molecular flexibility index (Phi) is 4.81. The van der Waals surface area contributed by atoms with E-state index >= 15 is 0 Å². The van der Waals surface area contributed by atoms with E-state index in [4.69, 9.17) is 4.74 Å². The fraction of sp³-hybridized carbons (Fsp3) is 0.450. The summed E-state index contributed by atoms with van der Waals surface area (Å²) in [5.41, 5.74) is 1.33. The van der Waals surface area contributed by atoms with Crippen molar-refractivity contribution >= 4 is 35.3 Å². The topological polar surface area (TPSA) is 113 Å². The van der Waals surface area contributed by atoms with Gasteiger partial charge in [0.2, 0.25) is 11.8 Å². The Labute approximate surface area is 167 Å². The summed E-state index contributed by atoms with van der Waals surface area (Å²) in [6.07, 6.45) is 1.49. The van der Waals surface area contributed by atoms with Gasteiger partial charge in [0.1, 0.15) is 12.1 Å². The van der Waals surface area contributed by atoms with Gasteiger partial charge < -0.3 is 9.64 Å². The van der Waals surface area contributed by atoms with Gasteiger partial charge in [-0.1, -0.05) is 0 Å². The van der Waals surface area contributed by atoms with Gasteiger partial charge in [-0.05, 0) is 24.6 Å². The Morgan fingerprint density at radius 3 is 2.38 bits per heavy atom. The minimum Gasteiger partial charge on any atom is -0.462 e. The number of hydrogen-bond donors (Lipinski definition) is 1. The van der Waals surface area contributed by atoms with Crippen molar-refractivity contribution in [2.75, 3.05) is 18.0 Å². The summed E-state index contributed by atoms with van der Waals surface area (Å²) in [5.74, 6) is -2.35. The second-order valence-electron chi connectivity index (χ2n) is 7.47. The van der Waals surface area contributed by atoms with E-state index in [9.17, 15) is 24.0 Å². The molecule has 0 saturated carbocycles. The largest absolute Gasteiger partial charge is 0.462 e. The molecule has 1 aromatic rings. The molecule has 2 fully saturated rings. The zero-order valence-corrected chi connectivity index (χ0v) is 16.0. The molecule has 1 unspecified atom stereocenters. The van der Waals surface area contributed by atoms with Crippen LogP contribution in [0.25, 0.3) is 0 Å². The molecule has 2 saturated heterocycles. The molecule has 0 aromatic heterocycles. The SMILES string of the molecule is CC(=O)OC1CCN(c2ccc3c(c2)C(=O)N(C2CCC(=O)NC2=O)C3=O)CC1. The molecule has 0 radical (unpaired) electrons. The van der Waals surface area contributed by atoms with Crippen LogP contribution in [-0.2, 0) is 19.1 Å². The molecule has 0 aliphatic carbocycles. The summed E-state index contributed by atoms with van der Waals surface area (Å²) in [4.78, 5) is 63.3. The van der Waals surface area contributed by atoms with E-state index in [-0.39, 0.29) is 36.0 Å². The first-order valence-electron chi connectivity index (χ1n) is 9.63.